The Morgan fingerprint density at radius 1 is 1.19 bits per heavy atom. The van der Waals surface area contributed by atoms with Gasteiger partial charge in [-0.05, 0) is 62.3 Å². The fourth-order valence-corrected chi connectivity index (χ4v) is 5.80. The van der Waals surface area contributed by atoms with Gasteiger partial charge in [0.1, 0.15) is 5.69 Å². The SMILES string of the molecule is CC(C)C(=O)c1cc(C23CC4CC(CC(C4)C2)C3)n(C)n1. The Hall–Kier alpha value is -1.12. The zero-order valence-corrected chi connectivity index (χ0v) is 13.4. The first-order valence-electron chi connectivity index (χ1n) is 8.55. The Labute approximate surface area is 127 Å². The molecule has 1 heterocycles. The minimum absolute atomic E-state index is 0.0316. The Bertz CT molecular complexity index is 549. The van der Waals surface area contributed by atoms with Gasteiger partial charge in [-0.1, -0.05) is 13.8 Å². The van der Waals surface area contributed by atoms with Gasteiger partial charge in [-0.2, -0.15) is 5.10 Å². The fourth-order valence-electron chi connectivity index (χ4n) is 5.80. The van der Waals surface area contributed by atoms with E-state index >= 15 is 0 Å². The van der Waals surface area contributed by atoms with Crippen molar-refractivity contribution in [3.8, 4) is 0 Å². The van der Waals surface area contributed by atoms with Gasteiger partial charge in [0, 0.05) is 24.1 Å². The molecule has 0 spiro atoms. The Morgan fingerprint density at radius 2 is 1.71 bits per heavy atom. The third-order valence-corrected chi connectivity index (χ3v) is 6.24. The summed E-state index contributed by atoms with van der Waals surface area (Å²) in [6, 6.07) is 2.12. The third-order valence-electron chi connectivity index (χ3n) is 6.24. The average Bonchev–Trinajstić information content (AvgIpc) is 2.79. The van der Waals surface area contributed by atoms with E-state index in [-0.39, 0.29) is 11.7 Å². The molecule has 114 valence electrons. The summed E-state index contributed by atoms with van der Waals surface area (Å²) in [5, 5.41) is 4.56. The smallest absolute Gasteiger partial charge is 0.185 e. The number of aromatic nitrogens is 2. The van der Waals surface area contributed by atoms with Gasteiger partial charge in [0.15, 0.2) is 5.78 Å². The van der Waals surface area contributed by atoms with Crippen molar-refractivity contribution < 1.29 is 4.79 Å². The van der Waals surface area contributed by atoms with Crippen LogP contribution in [0, 0.1) is 23.7 Å². The Balaban J connectivity index is 1.72. The van der Waals surface area contributed by atoms with E-state index in [0.717, 1.165) is 17.8 Å². The molecule has 21 heavy (non-hydrogen) atoms. The number of rotatable bonds is 3. The second-order valence-corrected chi connectivity index (χ2v) is 8.26. The van der Waals surface area contributed by atoms with Crippen LogP contribution in [-0.2, 0) is 12.5 Å². The van der Waals surface area contributed by atoms with Crippen molar-refractivity contribution >= 4 is 5.78 Å². The van der Waals surface area contributed by atoms with E-state index in [9.17, 15) is 4.79 Å². The molecule has 0 aromatic carbocycles. The molecule has 0 N–H and O–H groups in total. The maximum atomic E-state index is 12.3. The zero-order chi connectivity index (χ0) is 14.8. The summed E-state index contributed by atoms with van der Waals surface area (Å²) in [7, 11) is 2.03. The van der Waals surface area contributed by atoms with E-state index in [4.69, 9.17) is 0 Å². The molecule has 0 radical (unpaired) electrons. The van der Waals surface area contributed by atoms with Gasteiger partial charge in [-0.25, -0.2) is 0 Å². The zero-order valence-electron chi connectivity index (χ0n) is 13.4. The molecule has 0 atom stereocenters. The van der Waals surface area contributed by atoms with E-state index in [1.165, 1.54) is 44.2 Å². The van der Waals surface area contributed by atoms with Crippen LogP contribution in [0.25, 0.3) is 0 Å². The summed E-state index contributed by atoms with van der Waals surface area (Å²) in [4.78, 5) is 12.3. The monoisotopic (exact) mass is 286 g/mol. The largest absolute Gasteiger partial charge is 0.292 e. The highest BCUT2D eigenvalue weighted by Crippen LogP contribution is 2.60. The topological polar surface area (TPSA) is 34.9 Å². The van der Waals surface area contributed by atoms with Crippen LogP contribution in [0.2, 0.25) is 0 Å². The molecule has 0 aliphatic heterocycles. The lowest BCUT2D eigenvalue weighted by Gasteiger charge is -2.56. The summed E-state index contributed by atoms with van der Waals surface area (Å²) in [5.74, 6) is 2.99. The van der Waals surface area contributed by atoms with Crippen LogP contribution in [0.3, 0.4) is 0 Å². The summed E-state index contributed by atoms with van der Waals surface area (Å²) >= 11 is 0. The molecule has 3 nitrogen and oxygen atoms in total. The lowest BCUT2D eigenvalue weighted by Crippen LogP contribution is -2.49. The van der Waals surface area contributed by atoms with Crippen LogP contribution >= 0.6 is 0 Å². The van der Waals surface area contributed by atoms with Crippen LogP contribution < -0.4 is 0 Å². The maximum absolute atomic E-state index is 12.3. The molecular formula is C18H26N2O. The lowest BCUT2D eigenvalue weighted by molar-refractivity contribution is -0.00887. The number of hydrogen-bond acceptors (Lipinski definition) is 2. The van der Waals surface area contributed by atoms with E-state index in [2.05, 4.69) is 11.2 Å². The van der Waals surface area contributed by atoms with E-state index < -0.39 is 0 Å². The second-order valence-electron chi connectivity index (χ2n) is 8.26. The van der Waals surface area contributed by atoms with Crippen LogP contribution in [0.5, 0.6) is 0 Å². The molecular weight excluding hydrogens is 260 g/mol. The number of aryl methyl sites for hydroxylation is 1. The van der Waals surface area contributed by atoms with Crippen molar-refractivity contribution in [1.82, 2.24) is 9.78 Å². The predicted molar refractivity (Wildman–Crippen MR) is 82.2 cm³/mol. The Kier molecular flexibility index (Phi) is 2.86. The minimum atomic E-state index is 0.0316. The highest BCUT2D eigenvalue weighted by molar-refractivity contribution is 5.95. The summed E-state index contributed by atoms with van der Waals surface area (Å²) in [5.41, 5.74) is 2.34. The van der Waals surface area contributed by atoms with Crippen molar-refractivity contribution in [3.63, 3.8) is 0 Å². The number of hydrogen-bond donors (Lipinski definition) is 0. The van der Waals surface area contributed by atoms with Crippen molar-refractivity contribution in [2.45, 2.75) is 57.8 Å². The first kappa shape index (κ1) is 13.5. The van der Waals surface area contributed by atoms with Crippen molar-refractivity contribution in [2.75, 3.05) is 0 Å². The molecule has 4 saturated carbocycles. The number of Topliss-reactive ketones (excluding diaryl/α,β-unsaturated/α-hetero) is 1. The van der Waals surface area contributed by atoms with Gasteiger partial charge in [-0.3, -0.25) is 9.48 Å². The molecule has 3 heteroatoms. The number of ketones is 1. The first-order valence-corrected chi connectivity index (χ1v) is 8.55. The van der Waals surface area contributed by atoms with Gasteiger partial charge in [0.25, 0.3) is 0 Å². The minimum Gasteiger partial charge on any atom is -0.292 e. The quantitative estimate of drug-likeness (QED) is 0.794. The molecule has 4 aliphatic carbocycles. The summed E-state index contributed by atoms with van der Waals surface area (Å²) < 4.78 is 2.02. The highest BCUT2D eigenvalue weighted by atomic mass is 16.1. The molecule has 4 bridgehead atoms. The van der Waals surface area contributed by atoms with Crippen molar-refractivity contribution in [1.29, 1.82) is 0 Å². The first-order chi connectivity index (χ1) is 9.97. The van der Waals surface area contributed by atoms with Crippen molar-refractivity contribution in [2.24, 2.45) is 30.7 Å². The van der Waals surface area contributed by atoms with E-state index in [1.54, 1.807) is 0 Å². The maximum Gasteiger partial charge on any atom is 0.185 e. The standard InChI is InChI=1S/C18H26N2O/c1-11(2)17(21)15-7-16(20(3)19-15)18-8-12-4-13(9-18)6-14(5-12)10-18/h7,11-14H,4-6,8-10H2,1-3H3. The van der Waals surface area contributed by atoms with Gasteiger partial charge in [-0.15, -0.1) is 0 Å². The summed E-state index contributed by atoms with van der Waals surface area (Å²) in [6.45, 7) is 3.92. The second kappa shape index (κ2) is 4.44. The molecule has 0 unspecified atom stereocenters. The summed E-state index contributed by atoms with van der Waals surface area (Å²) in [6.07, 6.45) is 8.34. The average molecular weight is 286 g/mol. The Morgan fingerprint density at radius 3 is 2.19 bits per heavy atom. The van der Waals surface area contributed by atoms with Crippen molar-refractivity contribution in [3.05, 3.63) is 17.5 Å². The van der Waals surface area contributed by atoms with E-state index in [0.29, 0.717) is 11.1 Å². The number of carbonyl (C=O) groups excluding carboxylic acids is 1. The molecule has 0 saturated heterocycles. The normalized spacial score (nSPS) is 37.4. The predicted octanol–water partition coefficient (Wildman–Crippen LogP) is 3.73. The molecule has 5 rings (SSSR count). The number of carbonyl (C=O) groups is 1. The van der Waals surface area contributed by atoms with Gasteiger partial charge in [0.2, 0.25) is 0 Å². The molecule has 0 amide bonds. The fraction of sp³-hybridized carbons (Fsp3) is 0.778. The highest BCUT2D eigenvalue weighted by Gasteiger charge is 2.52. The van der Waals surface area contributed by atoms with Crippen LogP contribution in [0.1, 0.15) is 68.6 Å². The van der Waals surface area contributed by atoms with Gasteiger partial charge >= 0.3 is 0 Å². The van der Waals surface area contributed by atoms with Gasteiger partial charge in [0.05, 0.1) is 0 Å². The van der Waals surface area contributed by atoms with Crippen LogP contribution in [0.15, 0.2) is 6.07 Å². The molecule has 4 fully saturated rings. The van der Waals surface area contributed by atoms with E-state index in [1.807, 2.05) is 25.6 Å². The van der Waals surface area contributed by atoms with Crippen LogP contribution in [0.4, 0.5) is 0 Å². The molecule has 1 aromatic heterocycles. The van der Waals surface area contributed by atoms with Gasteiger partial charge < -0.3 is 0 Å². The number of nitrogens with zero attached hydrogens (tertiary/aromatic N) is 2. The lowest BCUT2D eigenvalue weighted by atomic mass is 9.49. The third kappa shape index (κ3) is 2.00. The molecule has 4 aliphatic rings. The molecule has 1 aromatic rings. The van der Waals surface area contributed by atoms with Crippen LogP contribution in [-0.4, -0.2) is 15.6 Å².